The van der Waals surface area contributed by atoms with Gasteiger partial charge in [-0.25, -0.2) is 9.78 Å². The summed E-state index contributed by atoms with van der Waals surface area (Å²) in [5.74, 6) is 1.88. The average molecular weight is 466 g/mol. The van der Waals surface area contributed by atoms with Crippen molar-refractivity contribution in [3.63, 3.8) is 0 Å². The van der Waals surface area contributed by atoms with E-state index in [4.69, 9.17) is 14.2 Å². The molecule has 34 heavy (non-hydrogen) atoms. The fourth-order valence-electron chi connectivity index (χ4n) is 5.31. The Bertz CT molecular complexity index is 1030. The lowest BCUT2D eigenvalue weighted by atomic mass is 9.78. The third-order valence-corrected chi connectivity index (χ3v) is 7.25. The molecular formula is C27H35N3O4. The van der Waals surface area contributed by atoms with Gasteiger partial charge in [0.2, 0.25) is 5.88 Å². The number of aromatic nitrogens is 1. The monoisotopic (exact) mass is 465 g/mol. The van der Waals surface area contributed by atoms with Gasteiger partial charge in [0.15, 0.2) is 0 Å². The first-order chi connectivity index (χ1) is 16.3. The van der Waals surface area contributed by atoms with E-state index in [1.807, 2.05) is 44.3 Å². The molecule has 2 aromatic rings. The third kappa shape index (κ3) is 4.71. The predicted molar refractivity (Wildman–Crippen MR) is 130 cm³/mol. The summed E-state index contributed by atoms with van der Waals surface area (Å²) in [4.78, 5) is 19.7. The zero-order valence-electron chi connectivity index (χ0n) is 20.5. The molecule has 1 N–H and O–H groups in total. The fourth-order valence-corrected chi connectivity index (χ4v) is 5.31. The van der Waals surface area contributed by atoms with Crippen LogP contribution in [-0.4, -0.2) is 54.4 Å². The molecule has 6 rings (SSSR count). The summed E-state index contributed by atoms with van der Waals surface area (Å²) >= 11 is 0. The zero-order valence-corrected chi connectivity index (χ0v) is 20.5. The molecule has 2 atom stereocenters. The number of carbonyl (C=O) groups excluding carboxylic acids is 1. The summed E-state index contributed by atoms with van der Waals surface area (Å²) in [5, 5.41) is 3.17. The number of nitrogens with zero attached hydrogens (tertiary/aromatic N) is 2. The molecule has 2 bridgehead atoms. The van der Waals surface area contributed by atoms with Crippen LogP contribution < -0.4 is 14.8 Å². The number of ether oxygens (including phenoxy) is 3. The number of amides is 1. The molecule has 5 heterocycles. The lowest BCUT2D eigenvalue weighted by molar-refractivity contribution is -0.0361. The van der Waals surface area contributed by atoms with Crippen molar-refractivity contribution in [2.45, 2.75) is 58.8 Å². The second kappa shape index (κ2) is 9.10. The quantitative estimate of drug-likeness (QED) is 0.683. The van der Waals surface area contributed by atoms with Gasteiger partial charge in [-0.15, -0.1) is 0 Å². The van der Waals surface area contributed by atoms with Gasteiger partial charge in [-0.05, 0) is 63.4 Å². The Morgan fingerprint density at radius 1 is 1.18 bits per heavy atom. The standard InChI is InChI=1S/C27H35N3O4/c1-17(2)33-24-8-6-20(14-28-24)19-5-7-21-22(13-19)32-16-27(3,4)25(21)29-26(31)34-23-15-30-11-9-18(23)10-12-30/h5-8,13-14,17-18,23,25H,9-12,15-16H2,1-4H3,(H,29,31)/t23-,25?/m0/s1. The van der Waals surface area contributed by atoms with Crippen LogP contribution in [0.5, 0.6) is 11.6 Å². The molecule has 4 aliphatic heterocycles. The number of hydrogen-bond acceptors (Lipinski definition) is 6. The molecule has 1 amide bonds. The van der Waals surface area contributed by atoms with Crippen LogP contribution in [0.2, 0.25) is 0 Å². The van der Waals surface area contributed by atoms with Crippen molar-refractivity contribution in [1.82, 2.24) is 15.2 Å². The maximum absolute atomic E-state index is 12.9. The highest BCUT2D eigenvalue weighted by Gasteiger charge is 2.41. The van der Waals surface area contributed by atoms with Gasteiger partial charge < -0.3 is 19.5 Å². The van der Waals surface area contributed by atoms with Gasteiger partial charge in [0.1, 0.15) is 11.9 Å². The number of benzene rings is 1. The van der Waals surface area contributed by atoms with Gasteiger partial charge in [0.25, 0.3) is 0 Å². The Morgan fingerprint density at radius 3 is 2.59 bits per heavy atom. The first-order valence-electron chi connectivity index (χ1n) is 12.4. The second-order valence-corrected chi connectivity index (χ2v) is 10.7. The van der Waals surface area contributed by atoms with E-state index in [-0.39, 0.29) is 29.8 Å². The summed E-state index contributed by atoms with van der Waals surface area (Å²) in [6.07, 6.45) is 3.78. The average Bonchev–Trinajstić information content (AvgIpc) is 2.82. The smallest absolute Gasteiger partial charge is 0.407 e. The first-order valence-corrected chi connectivity index (χ1v) is 12.4. The Kier molecular flexibility index (Phi) is 6.15. The minimum Gasteiger partial charge on any atom is -0.493 e. The SMILES string of the molecule is CC(C)Oc1ccc(-c2ccc3c(c2)OCC(C)(C)C3NC(=O)O[C@H]2CN3CCC2CC3)cn1. The molecule has 3 saturated heterocycles. The lowest BCUT2D eigenvalue weighted by Gasteiger charge is -2.44. The van der Waals surface area contributed by atoms with Gasteiger partial charge in [-0.3, -0.25) is 4.90 Å². The number of rotatable bonds is 5. The van der Waals surface area contributed by atoms with Crippen LogP contribution in [0.25, 0.3) is 11.1 Å². The van der Waals surface area contributed by atoms with Crippen molar-refractivity contribution in [1.29, 1.82) is 0 Å². The molecule has 182 valence electrons. The number of pyridine rings is 1. The molecule has 0 radical (unpaired) electrons. The highest BCUT2D eigenvalue weighted by Crippen LogP contribution is 2.44. The third-order valence-electron chi connectivity index (χ3n) is 7.25. The molecule has 0 aliphatic carbocycles. The van der Waals surface area contributed by atoms with E-state index in [2.05, 4.69) is 35.1 Å². The van der Waals surface area contributed by atoms with Crippen LogP contribution >= 0.6 is 0 Å². The van der Waals surface area contributed by atoms with E-state index < -0.39 is 0 Å². The highest BCUT2D eigenvalue weighted by atomic mass is 16.6. The van der Waals surface area contributed by atoms with Crippen LogP contribution in [0, 0.1) is 11.3 Å². The molecule has 4 aliphatic rings. The Hall–Kier alpha value is -2.80. The van der Waals surface area contributed by atoms with Crippen molar-refractivity contribution in [2.75, 3.05) is 26.2 Å². The van der Waals surface area contributed by atoms with Gasteiger partial charge >= 0.3 is 6.09 Å². The Labute approximate surface area is 201 Å². The van der Waals surface area contributed by atoms with E-state index in [1.165, 1.54) is 0 Å². The minimum atomic E-state index is -0.335. The lowest BCUT2D eigenvalue weighted by Crippen LogP contribution is -2.53. The topological polar surface area (TPSA) is 72.9 Å². The van der Waals surface area contributed by atoms with Crippen molar-refractivity contribution < 1.29 is 19.0 Å². The zero-order chi connectivity index (χ0) is 23.9. The van der Waals surface area contributed by atoms with E-state index in [1.54, 1.807) is 0 Å². The van der Waals surface area contributed by atoms with Crippen LogP contribution in [0.15, 0.2) is 36.5 Å². The van der Waals surface area contributed by atoms with E-state index in [0.29, 0.717) is 18.4 Å². The van der Waals surface area contributed by atoms with Crippen molar-refractivity contribution in [3.8, 4) is 22.8 Å². The molecule has 0 spiro atoms. The largest absolute Gasteiger partial charge is 0.493 e. The first kappa shape index (κ1) is 23.0. The summed E-state index contributed by atoms with van der Waals surface area (Å²) in [6.45, 7) is 11.8. The van der Waals surface area contributed by atoms with Crippen molar-refractivity contribution in [2.24, 2.45) is 11.3 Å². The van der Waals surface area contributed by atoms with Crippen LogP contribution in [0.1, 0.15) is 52.1 Å². The summed E-state index contributed by atoms with van der Waals surface area (Å²) in [5.41, 5.74) is 2.70. The minimum absolute atomic E-state index is 0.0116. The molecule has 0 saturated carbocycles. The summed E-state index contributed by atoms with van der Waals surface area (Å²) in [6, 6.07) is 9.81. The normalized spacial score (nSPS) is 27.0. The van der Waals surface area contributed by atoms with Crippen LogP contribution in [0.3, 0.4) is 0 Å². The molecule has 1 aromatic carbocycles. The maximum Gasteiger partial charge on any atom is 0.407 e. The number of alkyl carbamates (subject to hydrolysis) is 1. The fraction of sp³-hybridized carbons (Fsp3) is 0.556. The number of piperidine rings is 3. The Balaban J connectivity index is 1.32. The van der Waals surface area contributed by atoms with E-state index >= 15 is 0 Å². The van der Waals surface area contributed by atoms with Gasteiger partial charge in [0, 0.05) is 35.3 Å². The van der Waals surface area contributed by atoms with Crippen LogP contribution in [0.4, 0.5) is 4.79 Å². The molecule has 7 nitrogen and oxygen atoms in total. The summed E-state index contributed by atoms with van der Waals surface area (Å²) < 4.78 is 17.7. The van der Waals surface area contributed by atoms with Crippen LogP contribution in [-0.2, 0) is 4.74 Å². The predicted octanol–water partition coefficient (Wildman–Crippen LogP) is 4.82. The molecule has 1 unspecified atom stereocenters. The van der Waals surface area contributed by atoms with Crippen molar-refractivity contribution in [3.05, 3.63) is 42.1 Å². The van der Waals surface area contributed by atoms with Gasteiger partial charge in [0.05, 0.1) is 18.8 Å². The van der Waals surface area contributed by atoms with E-state index in [0.717, 1.165) is 54.9 Å². The number of hydrogen-bond donors (Lipinski definition) is 1. The Morgan fingerprint density at radius 2 is 1.94 bits per heavy atom. The highest BCUT2D eigenvalue weighted by molar-refractivity contribution is 5.70. The number of fused-ring (bicyclic) bond motifs is 4. The van der Waals surface area contributed by atoms with Crippen molar-refractivity contribution >= 4 is 6.09 Å². The van der Waals surface area contributed by atoms with Gasteiger partial charge in [-0.2, -0.15) is 0 Å². The van der Waals surface area contributed by atoms with E-state index in [9.17, 15) is 4.79 Å². The summed E-state index contributed by atoms with van der Waals surface area (Å²) in [7, 11) is 0. The molecule has 7 heteroatoms. The number of nitrogens with one attached hydrogen (secondary N) is 1. The van der Waals surface area contributed by atoms with Gasteiger partial charge in [-0.1, -0.05) is 26.0 Å². The maximum atomic E-state index is 12.9. The molecular weight excluding hydrogens is 430 g/mol. The molecule has 1 aromatic heterocycles. The number of carbonyl (C=O) groups is 1. The second-order valence-electron chi connectivity index (χ2n) is 10.7. The molecule has 3 fully saturated rings.